The van der Waals surface area contributed by atoms with E-state index in [1.807, 2.05) is 20.8 Å². The van der Waals surface area contributed by atoms with Crippen LogP contribution in [0.1, 0.15) is 32.8 Å². The van der Waals surface area contributed by atoms with E-state index in [1.54, 1.807) is 12.1 Å². The largest absolute Gasteiger partial charge is 0.490 e. The second kappa shape index (κ2) is 8.64. The van der Waals surface area contributed by atoms with Crippen molar-refractivity contribution in [3.63, 3.8) is 0 Å². The summed E-state index contributed by atoms with van der Waals surface area (Å²) in [5, 5.41) is 2.58. The number of hydrogen-bond donors (Lipinski definition) is 1. The maximum absolute atomic E-state index is 12.3. The van der Waals surface area contributed by atoms with Crippen LogP contribution in [0, 0.1) is 0 Å². The van der Waals surface area contributed by atoms with Gasteiger partial charge >= 0.3 is 0 Å². The number of ether oxygens (including phenoxy) is 2. The number of carbonyl (C=O) groups is 2. The monoisotopic (exact) mass is 440 g/mol. The lowest BCUT2D eigenvalue weighted by molar-refractivity contribution is -0.128. The fraction of sp³-hybridized carbons (Fsp3) is 0.389. The van der Waals surface area contributed by atoms with E-state index in [0.717, 1.165) is 6.42 Å². The average molecular weight is 441 g/mol. The number of rotatable bonds is 6. The summed E-state index contributed by atoms with van der Waals surface area (Å²) < 4.78 is 12.3. The van der Waals surface area contributed by atoms with E-state index in [1.165, 1.54) is 18.0 Å². The van der Waals surface area contributed by atoms with Crippen molar-refractivity contribution in [1.82, 2.24) is 10.2 Å². The Morgan fingerprint density at radius 1 is 1.35 bits per heavy atom. The molecule has 1 atom stereocenters. The number of thiocarbonyl (C=S) groups is 1. The molecular formula is C18H21BrN2O4S. The Hall–Kier alpha value is -1.93. The standard InChI is InChI=1S/C18H21BrN2O4S/c1-5-10(3)25-15-13(19)8-11(9-14(15)24-6-2)7-12-16(22)20-18(26)21(4)17(12)23/h7-10H,5-6H2,1-4H3,(H,20,22,26)/b12-7+/t10-/m1/s1. The molecule has 140 valence electrons. The number of likely N-dealkylation sites (N-methyl/N-ethyl adjacent to an activating group) is 1. The van der Waals surface area contributed by atoms with Gasteiger partial charge in [-0.25, -0.2) is 0 Å². The van der Waals surface area contributed by atoms with Crippen LogP contribution in [-0.2, 0) is 9.59 Å². The SMILES string of the molecule is CCOc1cc(/C=C2\C(=O)NC(=S)N(C)C2=O)cc(Br)c1O[C@H](C)CC. The summed E-state index contributed by atoms with van der Waals surface area (Å²) in [6.45, 7) is 6.34. The molecule has 1 heterocycles. The molecule has 0 unspecified atom stereocenters. The molecule has 1 aliphatic heterocycles. The van der Waals surface area contributed by atoms with E-state index in [-0.39, 0.29) is 16.8 Å². The number of halogens is 1. The third kappa shape index (κ3) is 4.42. The van der Waals surface area contributed by atoms with Crippen LogP contribution in [0.25, 0.3) is 6.08 Å². The molecule has 1 N–H and O–H groups in total. The van der Waals surface area contributed by atoms with Gasteiger partial charge in [-0.3, -0.25) is 19.8 Å². The van der Waals surface area contributed by atoms with Crippen LogP contribution >= 0.6 is 28.1 Å². The number of nitrogens with one attached hydrogen (secondary N) is 1. The Morgan fingerprint density at radius 2 is 2.04 bits per heavy atom. The second-order valence-electron chi connectivity index (χ2n) is 5.78. The van der Waals surface area contributed by atoms with Crippen molar-refractivity contribution in [2.45, 2.75) is 33.3 Å². The number of benzene rings is 1. The summed E-state index contributed by atoms with van der Waals surface area (Å²) in [7, 11) is 1.52. The van der Waals surface area contributed by atoms with Crippen molar-refractivity contribution >= 4 is 51.2 Å². The molecule has 1 aromatic carbocycles. The van der Waals surface area contributed by atoms with Gasteiger partial charge in [0.25, 0.3) is 11.8 Å². The van der Waals surface area contributed by atoms with Crippen LogP contribution in [0.2, 0.25) is 0 Å². The molecule has 6 nitrogen and oxygen atoms in total. The maximum atomic E-state index is 12.3. The van der Waals surface area contributed by atoms with E-state index in [0.29, 0.717) is 28.1 Å². The normalized spacial score (nSPS) is 17.3. The van der Waals surface area contributed by atoms with Crippen molar-refractivity contribution in [2.24, 2.45) is 0 Å². The predicted molar refractivity (Wildman–Crippen MR) is 107 cm³/mol. The molecule has 2 rings (SSSR count). The first-order valence-corrected chi connectivity index (χ1v) is 9.46. The zero-order chi connectivity index (χ0) is 19.4. The zero-order valence-corrected chi connectivity index (χ0v) is 17.5. The third-order valence-corrected chi connectivity index (χ3v) is 4.81. The minimum atomic E-state index is -0.521. The summed E-state index contributed by atoms with van der Waals surface area (Å²) in [4.78, 5) is 25.7. The highest BCUT2D eigenvalue weighted by molar-refractivity contribution is 9.10. The summed E-state index contributed by atoms with van der Waals surface area (Å²) in [6.07, 6.45) is 2.39. The van der Waals surface area contributed by atoms with E-state index < -0.39 is 11.8 Å². The van der Waals surface area contributed by atoms with Gasteiger partial charge in [0.05, 0.1) is 17.2 Å². The first-order chi connectivity index (χ1) is 12.3. The van der Waals surface area contributed by atoms with Crippen LogP contribution in [0.15, 0.2) is 22.2 Å². The van der Waals surface area contributed by atoms with Gasteiger partial charge in [-0.15, -0.1) is 0 Å². The highest BCUT2D eigenvalue weighted by Gasteiger charge is 2.30. The van der Waals surface area contributed by atoms with Gasteiger partial charge in [0.2, 0.25) is 0 Å². The van der Waals surface area contributed by atoms with Crippen molar-refractivity contribution < 1.29 is 19.1 Å². The zero-order valence-electron chi connectivity index (χ0n) is 15.1. The lowest BCUT2D eigenvalue weighted by atomic mass is 10.1. The van der Waals surface area contributed by atoms with Crippen LogP contribution in [-0.4, -0.2) is 41.6 Å². The molecule has 0 saturated carbocycles. The second-order valence-corrected chi connectivity index (χ2v) is 7.02. The minimum Gasteiger partial charge on any atom is -0.490 e. The lowest BCUT2D eigenvalue weighted by Gasteiger charge is -2.25. The van der Waals surface area contributed by atoms with Gasteiger partial charge in [0, 0.05) is 7.05 Å². The van der Waals surface area contributed by atoms with Crippen molar-refractivity contribution in [2.75, 3.05) is 13.7 Å². The summed E-state index contributed by atoms with van der Waals surface area (Å²) in [5.41, 5.74) is 0.641. The van der Waals surface area contributed by atoms with E-state index in [4.69, 9.17) is 21.7 Å². The van der Waals surface area contributed by atoms with Crippen LogP contribution < -0.4 is 14.8 Å². The highest BCUT2D eigenvalue weighted by Crippen LogP contribution is 2.38. The summed E-state index contributed by atoms with van der Waals surface area (Å²) in [5.74, 6) is 0.169. The molecule has 1 fully saturated rings. The molecular weight excluding hydrogens is 420 g/mol. The Morgan fingerprint density at radius 3 is 2.65 bits per heavy atom. The Labute approximate surface area is 166 Å². The van der Waals surface area contributed by atoms with Crippen LogP contribution in [0.4, 0.5) is 0 Å². The molecule has 2 amide bonds. The highest BCUT2D eigenvalue weighted by atomic mass is 79.9. The lowest BCUT2D eigenvalue weighted by Crippen LogP contribution is -2.52. The molecule has 8 heteroatoms. The van der Waals surface area contributed by atoms with Crippen LogP contribution in [0.5, 0.6) is 11.5 Å². The molecule has 0 spiro atoms. The smallest absolute Gasteiger partial charge is 0.265 e. The summed E-state index contributed by atoms with van der Waals surface area (Å²) in [6, 6.07) is 3.52. The number of carbonyl (C=O) groups excluding carboxylic acids is 2. The Bertz CT molecular complexity index is 779. The van der Waals surface area contributed by atoms with Gasteiger partial charge in [0.15, 0.2) is 16.6 Å². The van der Waals surface area contributed by atoms with Crippen molar-refractivity contribution in [3.8, 4) is 11.5 Å². The van der Waals surface area contributed by atoms with E-state index >= 15 is 0 Å². The van der Waals surface area contributed by atoms with E-state index in [2.05, 4.69) is 21.2 Å². The molecule has 26 heavy (non-hydrogen) atoms. The molecule has 1 saturated heterocycles. The first-order valence-electron chi connectivity index (χ1n) is 8.26. The fourth-order valence-electron chi connectivity index (χ4n) is 2.25. The fourth-order valence-corrected chi connectivity index (χ4v) is 2.97. The minimum absolute atomic E-state index is 0.00560. The number of amides is 2. The Balaban J connectivity index is 2.45. The average Bonchev–Trinajstić information content (AvgIpc) is 2.59. The van der Waals surface area contributed by atoms with Gasteiger partial charge in [0.1, 0.15) is 5.57 Å². The van der Waals surface area contributed by atoms with Gasteiger partial charge in [-0.2, -0.15) is 0 Å². The maximum Gasteiger partial charge on any atom is 0.265 e. The van der Waals surface area contributed by atoms with Gasteiger partial charge in [-0.05, 0) is 72.2 Å². The molecule has 0 aliphatic carbocycles. The molecule has 0 bridgehead atoms. The topological polar surface area (TPSA) is 67.9 Å². The third-order valence-electron chi connectivity index (χ3n) is 3.84. The number of nitrogens with zero attached hydrogens (tertiary/aromatic N) is 1. The Kier molecular flexibility index (Phi) is 6.77. The summed E-state index contributed by atoms with van der Waals surface area (Å²) >= 11 is 8.44. The van der Waals surface area contributed by atoms with E-state index in [9.17, 15) is 9.59 Å². The van der Waals surface area contributed by atoms with Gasteiger partial charge < -0.3 is 9.47 Å². The van der Waals surface area contributed by atoms with Gasteiger partial charge in [-0.1, -0.05) is 6.92 Å². The first kappa shape index (κ1) is 20.4. The number of hydrogen-bond acceptors (Lipinski definition) is 5. The van der Waals surface area contributed by atoms with Crippen molar-refractivity contribution in [3.05, 3.63) is 27.7 Å². The quantitative estimate of drug-likeness (QED) is 0.417. The molecule has 0 radical (unpaired) electrons. The van der Waals surface area contributed by atoms with Crippen molar-refractivity contribution in [1.29, 1.82) is 0 Å². The van der Waals surface area contributed by atoms with Crippen LogP contribution in [0.3, 0.4) is 0 Å². The molecule has 1 aliphatic rings. The molecule has 1 aromatic rings. The molecule has 0 aromatic heterocycles. The predicted octanol–water partition coefficient (Wildman–Crippen LogP) is 3.28.